The van der Waals surface area contributed by atoms with Crippen LogP contribution in [0.4, 0.5) is 9.59 Å². The first-order chi connectivity index (χ1) is 12.4. The molecule has 2 aliphatic rings. The van der Waals surface area contributed by atoms with Gasteiger partial charge in [-0.25, -0.2) is 14.6 Å². The molecule has 9 heteroatoms. The molecule has 0 aliphatic carbocycles. The van der Waals surface area contributed by atoms with Gasteiger partial charge < -0.3 is 19.7 Å². The fourth-order valence-corrected chi connectivity index (χ4v) is 3.77. The molecule has 0 aromatic carbocycles. The molecule has 0 bridgehead atoms. The van der Waals surface area contributed by atoms with Gasteiger partial charge in [-0.05, 0) is 19.3 Å². The van der Waals surface area contributed by atoms with Crippen LogP contribution in [0.25, 0.3) is 0 Å². The normalized spacial score (nSPS) is 20.8. The first kappa shape index (κ1) is 18.2. The molecule has 5 amide bonds. The van der Waals surface area contributed by atoms with E-state index in [4.69, 9.17) is 0 Å². The van der Waals surface area contributed by atoms with E-state index in [1.807, 2.05) is 17.7 Å². The minimum Gasteiger partial charge on any atom is -0.335 e. The molecule has 0 unspecified atom stereocenters. The second-order valence-electron chi connectivity index (χ2n) is 7.04. The highest BCUT2D eigenvalue weighted by Crippen LogP contribution is 2.35. The molecule has 1 spiro atoms. The van der Waals surface area contributed by atoms with Gasteiger partial charge in [0.2, 0.25) is 0 Å². The second-order valence-corrected chi connectivity index (χ2v) is 7.04. The zero-order valence-electron chi connectivity index (χ0n) is 15.5. The van der Waals surface area contributed by atoms with E-state index in [1.54, 1.807) is 24.5 Å². The average molecular weight is 362 g/mol. The van der Waals surface area contributed by atoms with Crippen molar-refractivity contribution in [3.05, 3.63) is 18.7 Å². The van der Waals surface area contributed by atoms with Gasteiger partial charge in [-0.1, -0.05) is 6.92 Å². The maximum Gasteiger partial charge on any atom is 0.327 e. The fourth-order valence-electron chi connectivity index (χ4n) is 3.77. The second kappa shape index (κ2) is 6.97. The fraction of sp³-hybridized carbons (Fsp3) is 0.647. The number of carbonyl (C=O) groups is 3. The summed E-state index contributed by atoms with van der Waals surface area (Å²) in [5, 5.41) is 3.06. The van der Waals surface area contributed by atoms with Crippen molar-refractivity contribution in [1.29, 1.82) is 0 Å². The van der Waals surface area contributed by atoms with Gasteiger partial charge in [-0.2, -0.15) is 0 Å². The van der Waals surface area contributed by atoms with Crippen molar-refractivity contribution in [1.82, 2.24) is 29.6 Å². The molecule has 1 N–H and O–H groups in total. The monoisotopic (exact) mass is 362 g/mol. The summed E-state index contributed by atoms with van der Waals surface area (Å²) in [6, 6.07) is -0.394. The van der Waals surface area contributed by atoms with Gasteiger partial charge >= 0.3 is 12.1 Å². The van der Waals surface area contributed by atoms with Gasteiger partial charge in [0, 0.05) is 52.2 Å². The molecule has 3 rings (SSSR count). The Labute approximate surface area is 152 Å². The van der Waals surface area contributed by atoms with E-state index >= 15 is 0 Å². The van der Waals surface area contributed by atoms with Crippen molar-refractivity contribution >= 4 is 18.0 Å². The van der Waals surface area contributed by atoms with E-state index in [0.29, 0.717) is 32.5 Å². The Bertz CT molecular complexity index is 681. The Morgan fingerprint density at radius 3 is 2.50 bits per heavy atom. The summed E-state index contributed by atoms with van der Waals surface area (Å²) in [5.74, 6) is -0.170. The van der Waals surface area contributed by atoms with Gasteiger partial charge in [0.25, 0.3) is 5.91 Å². The van der Waals surface area contributed by atoms with Gasteiger partial charge in [-0.3, -0.25) is 9.69 Å². The standard InChI is InChI=1S/C17H26N6O3/c1-4-13(11-22-10-7-18-12-22)19-15(25)23-8-5-17(6-9-23)14(24)20(2)16(26)21(17)3/h7,10,12-13H,4-6,8-9,11H2,1-3H3,(H,19,25)/t13-/m0/s1. The van der Waals surface area contributed by atoms with Crippen LogP contribution in [-0.2, 0) is 11.3 Å². The highest BCUT2D eigenvalue weighted by Gasteiger charge is 2.55. The molecule has 1 atom stereocenters. The number of aromatic nitrogens is 2. The Hall–Kier alpha value is -2.58. The zero-order valence-corrected chi connectivity index (χ0v) is 15.5. The van der Waals surface area contributed by atoms with Gasteiger partial charge in [0.1, 0.15) is 5.54 Å². The lowest BCUT2D eigenvalue weighted by atomic mass is 9.86. The number of nitrogens with one attached hydrogen (secondary N) is 1. The van der Waals surface area contributed by atoms with Crippen LogP contribution in [-0.4, -0.2) is 81.0 Å². The first-order valence-electron chi connectivity index (χ1n) is 8.96. The Morgan fingerprint density at radius 2 is 2.00 bits per heavy atom. The molecule has 3 heterocycles. The number of imide groups is 1. The summed E-state index contributed by atoms with van der Waals surface area (Å²) in [7, 11) is 3.18. The van der Waals surface area contributed by atoms with Crippen LogP contribution in [0.2, 0.25) is 0 Å². The van der Waals surface area contributed by atoms with Crippen LogP contribution >= 0.6 is 0 Å². The summed E-state index contributed by atoms with van der Waals surface area (Å²) in [5.41, 5.74) is -0.802. The summed E-state index contributed by atoms with van der Waals surface area (Å²) in [6.45, 7) is 3.59. The maximum atomic E-state index is 12.6. The Balaban J connectivity index is 1.58. The van der Waals surface area contributed by atoms with E-state index < -0.39 is 5.54 Å². The van der Waals surface area contributed by atoms with Crippen molar-refractivity contribution in [2.24, 2.45) is 0 Å². The van der Waals surface area contributed by atoms with E-state index in [1.165, 1.54) is 16.8 Å². The van der Waals surface area contributed by atoms with Gasteiger partial charge in [-0.15, -0.1) is 0 Å². The van der Waals surface area contributed by atoms with Crippen LogP contribution < -0.4 is 5.32 Å². The first-order valence-corrected chi connectivity index (χ1v) is 8.96. The number of nitrogens with zero attached hydrogens (tertiary/aromatic N) is 5. The number of likely N-dealkylation sites (N-methyl/N-ethyl adjacent to an activating group) is 2. The SMILES string of the molecule is CC[C@@H](Cn1ccnc1)NC(=O)N1CCC2(CC1)C(=O)N(C)C(=O)N2C. The lowest BCUT2D eigenvalue weighted by molar-refractivity contribution is -0.134. The number of rotatable bonds is 4. The third-order valence-electron chi connectivity index (χ3n) is 5.61. The highest BCUT2D eigenvalue weighted by atomic mass is 16.2. The maximum absolute atomic E-state index is 12.6. The molecule has 26 heavy (non-hydrogen) atoms. The molecule has 1 aromatic heterocycles. The van der Waals surface area contributed by atoms with Crippen LogP contribution in [0.15, 0.2) is 18.7 Å². The predicted octanol–water partition coefficient (Wildman–Crippen LogP) is 0.730. The highest BCUT2D eigenvalue weighted by molar-refractivity contribution is 6.06. The Kier molecular flexibility index (Phi) is 4.88. The van der Waals surface area contributed by atoms with Crippen LogP contribution in [0.5, 0.6) is 0 Å². The summed E-state index contributed by atoms with van der Waals surface area (Å²) in [4.78, 5) is 45.6. The number of carbonyl (C=O) groups excluding carboxylic acids is 3. The molecule has 0 saturated carbocycles. The third-order valence-corrected chi connectivity index (χ3v) is 5.61. The van der Waals surface area contributed by atoms with Crippen molar-refractivity contribution < 1.29 is 14.4 Å². The minimum atomic E-state index is -0.802. The van der Waals surface area contributed by atoms with Crippen molar-refractivity contribution in [2.75, 3.05) is 27.2 Å². The lowest BCUT2D eigenvalue weighted by Gasteiger charge is -2.41. The molecule has 0 radical (unpaired) electrons. The number of urea groups is 2. The molecule has 9 nitrogen and oxygen atoms in total. The molecule has 2 saturated heterocycles. The molecule has 142 valence electrons. The predicted molar refractivity (Wildman–Crippen MR) is 94.3 cm³/mol. The number of imidazole rings is 1. The van der Waals surface area contributed by atoms with E-state index in [-0.39, 0.29) is 24.0 Å². The number of hydrogen-bond acceptors (Lipinski definition) is 4. The number of amides is 5. The quantitative estimate of drug-likeness (QED) is 0.800. The zero-order chi connectivity index (χ0) is 18.9. The van der Waals surface area contributed by atoms with Gasteiger partial charge in [0.05, 0.1) is 6.33 Å². The summed E-state index contributed by atoms with van der Waals surface area (Å²) < 4.78 is 1.94. The molecular formula is C17H26N6O3. The lowest BCUT2D eigenvalue weighted by Crippen LogP contribution is -2.58. The Morgan fingerprint density at radius 1 is 1.31 bits per heavy atom. The average Bonchev–Trinajstić information content (AvgIpc) is 3.22. The minimum absolute atomic E-state index is 0.0103. The number of likely N-dealkylation sites (tertiary alicyclic amines) is 1. The van der Waals surface area contributed by atoms with Crippen LogP contribution in [0, 0.1) is 0 Å². The van der Waals surface area contributed by atoms with Gasteiger partial charge in [0.15, 0.2) is 0 Å². The molecular weight excluding hydrogens is 336 g/mol. The number of hydrogen-bond donors (Lipinski definition) is 1. The third kappa shape index (κ3) is 3.02. The molecule has 2 fully saturated rings. The van der Waals surface area contributed by atoms with E-state index in [0.717, 1.165) is 6.42 Å². The van der Waals surface area contributed by atoms with Crippen LogP contribution in [0.1, 0.15) is 26.2 Å². The van der Waals surface area contributed by atoms with Crippen LogP contribution in [0.3, 0.4) is 0 Å². The van der Waals surface area contributed by atoms with Crippen molar-refractivity contribution in [3.8, 4) is 0 Å². The smallest absolute Gasteiger partial charge is 0.327 e. The van der Waals surface area contributed by atoms with E-state index in [9.17, 15) is 14.4 Å². The summed E-state index contributed by atoms with van der Waals surface area (Å²) >= 11 is 0. The molecule has 1 aromatic rings. The largest absolute Gasteiger partial charge is 0.335 e. The summed E-state index contributed by atoms with van der Waals surface area (Å²) in [6.07, 6.45) is 7.05. The molecule has 2 aliphatic heterocycles. The number of piperidine rings is 1. The van der Waals surface area contributed by atoms with Crippen molar-refractivity contribution in [3.63, 3.8) is 0 Å². The van der Waals surface area contributed by atoms with E-state index in [2.05, 4.69) is 10.3 Å². The topological polar surface area (TPSA) is 90.8 Å². The van der Waals surface area contributed by atoms with Crippen molar-refractivity contribution in [2.45, 2.75) is 44.3 Å².